The smallest absolute Gasteiger partial charge is 0.410 e. The molecule has 12 heterocycles. The third-order valence-corrected chi connectivity index (χ3v) is 24.0. The van der Waals surface area contributed by atoms with Crippen LogP contribution in [0.25, 0.3) is 22.9 Å². The summed E-state index contributed by atoms with van der Waals surface area (Å²) in [5.41, 5.74) is 3.64. The van der Waals surface area contributed by atoms with E-state index in [9.17, 15) is 79.1 Å². The molecule has 126 heavy (non-hydrogen) atoms. The van der Waals surface area contributed by atoms with Crippen LogP contribution in [0.4, 0.5) is 40.7 Å². The molecule has 40 heteroatoms. The second-order valence-corrected chi connectivity index (χ2v) is 38.9. The number of benzene rings is 2. The third-order valence-electron chi connectivity index (χ3n) is 20.1. The maximum Gasteiger partial charge on any atom is 0.410 e. The Labute approximate surface area is 743 Å². The van der Waals surface area contributed by atoms with Gasteiger partial charge in [0.25, 0.3) is 0 Å². The van der Waals surface area contributed by atoms with Gasteiger partial charge in [0.05, 0.1) is 61.9 Å². The number of hydrogen-bond acceptors (Lipinski definition) is 28. The molecule has 0 radical (unpaired) electrons. The van der Waals surface area contributed by atoms with Gasteiger partial charge in [0, 0.05) is 127 Å². The molecule has 0 bridgehead atoms. The maximum absolute atomic E-state index is 13.4. The van der Waals surface area contributed by atoms with Crippen molar-refractivity contribution in [3.63, 3.8) is 0 Å². The molecule has 7 aromatic heterocycles. The number of fused-ring (bicyclic) bond motifs is 2. The number of carboxylic acids is 1. The Bertz CT molecular complexity index is 5380. The first kappa shape index (κ1) is 98.9. The van der Waals surface area contributed by atoms with Crippen LogP contribution in [-0.4, -0.2) is 197 Å². The molecule has 0 aliphatic carbocycles. The van der Waals surface area contributed by atoms with Gasteiger partial charge in [0.15, 0.2) is 63.7 Å². The Balaban J connectivity index is 0.000000176. The van der Waals surface area contributed by atoms with Crippen LogP contribution in [0, 0.1) is 81.4 Å². The first-order valence-electron chi connectivity index (χ1n) is 40.2. The van der Waals surface area contributed by atoms with Crippen LogP contribution in [0.15, 0.2) is 60.2 Å². The standard InChI is InChI=1S/2C19H16F3N3O2S.2C16H22N2O4S.C11H19NO3.C5H5NO2S/c1-9-3-15-12(19(27-24-15)16-8-28-10(2)23-16)7-25(9)17(26)6-11-4-13(20)18(22)14(21)5-11;1-9-17-14(24-27-19(17)15-8-28-10(2)23-15)3-4-25(9)16(26)7-11-5-12(20)18(22)13(21)6-11;1-9-6-13(19)11(14(20)12-8-23-10(2)17-12)7-18(9)15(21)22-16(3,4)5;1-9-13(14(20)11-8-23-10(2)17-11)12(19)6-7-18(9)15(21)22-16(3,4)5;1-8-7-9(13)5-6-12(8)10(14)15-11(2,3)4;1-3-6-4(2-9-3)5(7)8/h4-5,8-9H,3,6-7H2,1-2H3;5-6,8-9H,3-4,7H2,1-2H3;8-9,11H,6-7H2,1-5H3;8-9,13H,6-7H2,1-5H3;8H,5-7H2,1-4H3;2H,1H3,(H,7,8)/t2*9-;9-,11?;9-,13?;8-;/m00000./s1. The number of piperidine rings is 3. The number of aryl methyl sites for hydroxylation is 5. The minimum Gasteiger partial charge on any atom is -0.476 e. The van der Waals surface area contributed by atoms with Gasteiger partial charge in [-0.1, -0.05) is 10.3 Å². The Kier molecular flexibility index (Phi) is 32.8. The van der Waals surface area contributed by atoms with Crippen molar-refractivity contribution in [3.8, 4) is 22.9 Å². The summed E-state index contributed by atoms with van der Waals surface area (Å²) in [5.74, 6) is -11.3. The van der Waals surface area contributed by atoms with E-state index in [-0.39, 0.29) is 133 Å². The normalized spacial score (nSPS) is 18.7. The van der Waals surface area contributed by atoms with Crippen molar-refractivity contribution >= 4 is 122 Å². The van der Waals surface area contributed by atoms with Gasteiger partial charge in [0.2, 0.25) is 11.8 Å². The van der Waals surface area contributed by atoms with E-state index in [1.807, 2.05) is 66.2 Å². The van der Waals surface area contributed by atoms with Gasteiger partial charge < -0.3 is 52.9 Å². The molecule has 678 valence electrons. The van der Waals surface area contributed by atoms with Crippen molar-refractivity contribution in [3.05, 3.63) is 162 Å². The first-order valence-corrected chi connectivity index (χ1v) is 44.6. The number of hydrogen-bond donors (Lipinski definition) is 1. The number of aromatic carboxylic acids is 1. The SMILES string of the molecule is C[C@H]1CC(=O)CCN1C(=O)OC(C)(C)C.Cc1nc(-c2onc3c2CN(C(=O)Cc2cc(F)c(F)c(F)c2)[C@@H](C)C3)cs1.Cc1nc(-c2onc3c2[C@H](C)N(C(=O)Cc2cc(F)c(F)c(F)c2)CC3)cs1.Cc1nc(C(=O)C2C(=O)CCN(C(=O)OC(C)(C)C)[C@H]2C)cs1.Cc1nc(C(=O)C2CN(C(=O)OC(C)(C)C)[C@@H](C)CC2=O)cs1.Cc1nc(C(=O)O)cs1. The topological polar surface area (TPSA) is 368 Å². The predicted molar refractivity (Wildman–Crippen MR) is 456 cm³/mol. The Morgan fingerprint density at radius 3 is 1.33 bits per heavy atom. The monoisotopic (exact) mass is 1850 g/mol. The lowest BCUT2D eigenvalue weighted by Crippen LogP contribution is -2.54. The number of halogens is 6. The number of likely N-dealkylation sites (tertiary alicyclic amines) is 3. The average Bonchev–Trinajstić information content (AvgIpc) is 1.61. The zero-order valence-corrected chi connectivity index (χ0v) is 77.2. The molecule has 9 aromatic rings. The largest absolute Gasteiger partial charge is 0.476 e. The molecule has 5 amide bonds. The zero-order valence-electron chi connectivity index (χ0n) is 73.1. The zero-order chi connectivity index (χ0) is 93.2. The van der Waals surface area contributed by atoms with Crippen LogP contribution in [-0.2, 0) is 70.4 Å². The van der Waals surface area contributed by atoms with E-state index in [1.165, 1.54) is 71.9 Å². The second-order valence-electron chi connectivity index (χ2n) is 33.6. The number of Topliss-reactive ketones (excluding diaryl/α,β-unsaturated/α-hetero) is 5. The van der Waals surface area contributed by atoms with Crippen molar-refractivity contribution in [2.45, 2.75) is 236 Å². The first-order chi connectivity index (χ1) is 58.8. The summed E-state index contributed by atoms with van der Waals surface area (Å²) in [7, 11) is 0. The summed E-state index contributed by atoms with van der Waals surface area (Å²) in [6.45, 7) is 35.9. The number of carbonyl (C=O) groups excluding carboxylic acids is 10. The highest BCUT2D eigenvalue weighted by atomic mass is 32.1. The number of thiazole rings is 5. The molecule has 2 aromatic carbocycles. The van der Waals surface area contributed by atoms with Crippen LogP contribution in [0.1, 0.15) is 219 Å². The molecule has 5 aliphatic rings. The number of nitrogens with zero attached hydrogens (tertiary/aromatic N) is 12. The molecule has 7 atom stereocenters. The average molecular weight is 1850 g/mol. The summed E-state index contributed by atoms with van der Waals surface area (Å²) < 4.78 is 107. The summed E-state index contributed by atoms with van der Waals surface area (Å²) >= 11 is 7.04. The number of ketones is 5. The van der Waals surface area contributed by atoms with Crippen LogP contribution < -0.4 is 0 Å². The molecule has 5 aliphatic heterocycles. The van der Waals surface area contributed by atoms with E-state index >= 15 is 0 Å². The minimum atomic E-state index is -1.54. The molecule has 1 N–H and O–H groups in total. The van der Waals surface area contributed by atoms with E-state index in [0.717, 1.165) is 71.8 Å². The number of rotatable bonds is 11. The van der Waals surface area contributed by atoms with Gasteiger partial charge in [-0.05, 0) is 167 Å². The lowest BCUT2D eigenvalue weighted by Gasteiger charge is -2.38. The van der Waals surface area contributed by atoms with Crippen LogP contribution in [0.3, 0.4) is 0 Å². The van der Waals surface area contributed by atoms with Gasteiger partial charge in [-0.15, -0.1) is 56.7 Å². The number of amides is 5. The maximum atomic E-state index is 13.4. The highest BCUT2D eigenvalue weighted by molar-refractivity contribution is 7.10. The van der Waals surface area contributed by atoms with Gasteiger partial charge in [-0.3, -0.25) is 33.6 Å². The summed E-state index contributed by atoms with van der Waals surface area (Å²) in [6, 6.07) is 2.02. The fraction of sp³-hybridized carbons (Fsp3) is 0.488. The lowest BCUT2D eigenvalue weighted by atomic mass is 9.84. The Morgan fingerprint density at radius 1 is 0.468 bits per heavy atom. The molecule has 29 nitrogen and oxygen atoms in total. The quantitative estimate of drug-likeness (QED) is 0.0413. The minimum absolute atomic E-state index is 0.0406. The van der Waals surface area contributed by atoms with E-state index < -0.39 is 87.7 Å². The van der Waals surface area contributed by atoms with E-state index in [2.05, 4.69) is 35.2 Å². The van der Waals surface area contributed by atoms with E-state index in [1.54, 1.807) is 102 Å². The van der Waals surface area contributed by atoms with Gasteiger partial charge in [0.1, 0.15) is 68.8 Å². The molecule has 0 spiro atoms. The summed E-state index contributed by atoms with van der Waals surface area (Å²) in [5, 5.41) is 29.2. The van der Waals surface area contributed by atoms with Crippen LogP contribution in [0.5, 0.6) is 0 Å². The molecule has 2 unspecified atom stereocenters. The van der Waals surface area contributed by atoms with Crippen LogP contribution >= 0.6 is 56.7 Å². The van der Waals surface area contributed by atoms with Crippen molar-refractivity contribution in [1.82, 2.24) is 59.7 Å². The van der Waals surface area contributed by atoms with E-state index in [0.29, 0.717) is 73.1 Å². The number of ether oxygens (including phenoxy) is 3. The van der Waals surface area contributed by atoms with Crippen molar-refractivity contribution < 1.29 is 107 Å². The number of carbonyl (C=O) groups is 11. The summed E-state index contributed by atoms with van der Waals surface area (Å²) in [6.07, 6.45) is 0.431. The predicted octanol–water partition coefficient (Wildman–Crippen LogP) is 17.1. The van der Waals surface area contributed by atoms with Crippen molar-refractivity contribution in [1.29, 1.82) is 0 Å². The fourth-order valence-electron chi connectivity index (χ4n) is 14.0. The van der Waals surface area contributed by atoms with Crippen LogP contribution in [0.2, 0.25) is 0 Å². The molecule has 0 saturated carbocycles. The number of carboxylic acid groups (broad SMARTS) is 1. The Hall–Kier alpha value is -10.8. The second kappa shape index (κ2) is 41.7. The van der Waals surface area contributed by atoms with Gasteiger partial charge >= 0.3 is 24.2 Å². The number of aromatic nitrogens is 7. The van der Waals surface area contributed by atoms with E-state index in [4.69, 9.17) is 28.4 Å². The highest BCUT2D eigenvalue weighted by Gasteiger charge is 2.45. The fourth-order valence-corrected chi connectivity index (χ4v) is 17.0. The summed E-state index contributed by atoms with van der Waals surface area (Å²) in [4.78, 5) is 162. The van der Waals surface area contributed by atoms with Gasteiger partial charge in [-0.2, -0.15) is 0 Å². The molecular formula is C86H100F6N12O17S5. The Morgan fingerprint density at radius 2 is 0.873 bits per heavy atom. The lowest BCUT2D eigenvalue weighted by molar-refractivity contribution is -0.134. The van der Waals surface area contributed by atoms with Gasteiger partial charge in [-0.25, -0.2) is 70.4 Å². The molecular weight excluding hydrogens is 1750 g/mol. The highest BCUT2D eigenvalue weighted by Crippen LogP contribution is 2.40. The third kappa shape index (κ3) is 26.0. The molecule has 3 fully saturated rings. The van der Waals surface area contributed by atoms with Crippen molar-refractivity contribution in [2.24, 2.45) is 11.8 Å². The molecule has 3 saturated heterocycles. The van der Waals surface area contributed by atoms with Crippen molar-refractivity contribution in [2.75, 3.05) is 26.2 Å². The molecule has 14 rings (SSSR count).